The molecule has 0 atom stereocenters. The van der Waals surface area contributed by atoms with Crippen molar-refractivity contribution in [3.8, 4) is 0 Å². The van der Waals surface area contributed by atoms with Crippen LogP contribution in [0.4, 0.5) is 8.78 Å². The van der Waals surface area contributed by atoms with Gasteiger partial charge in [-0.05, 0) is 18.1 Å². The lowest BCUT2D eigenvalue weighted by molar-refractivity contribution is -0.118. The number of carbonyl (C=O) groups is 1. The van der Waals surface area contributed by atoms with Crippen molar-refractivity contribution in [3.63, 3.8) is 0 Å². The number of halogens is 2. The number of amides is 1. The molecule has 1 N–H and O–H groups in total. The zero-order valence-electron chi connectivity index (χ0n) is 7.96. The zero-order valence-corrected chi connectivity index (χ0v) is 8.86. The van der Waals surface area contributed by atoms with Crippen LogP contribution in [0.5, 0.6) is 0 Å². The van der Waals surface area contributed by atoms with Crippen LogP contribution in [0.2, 0.25) is 0 Å². The molecule has 0 saturated heterocycles. The van der Waals surface area contributed by atoms with E-state index < -0.39 is 11.6 Å². The Bertz CT molecular complexity index is 357. The van der Waals surface area contributed by atoms with Crippen molar-refractivity contribution in [1.82, 2.24) is 5.32 Å². The lowest BCUT2D eigenvalue weighted by Crippen LogP contribution is -2.26. The summed E-state index contributed by atoms with van der Waals surface area (Å²) in [5.74, 6) is -1.29. The van der Waals surface area contributed by atoms with E-state index in [0.717, 1.165) is 6.07 Å². The molecule has 0 aromatic heterocycles. The van der Waals surface area contributed by atoms with Gasteiger partial charge in [0.1, 0.15) is 11.6 Å². The fourth-order valence-corrected chi connectivity index (χ4v) is 1.23. The van der Waals surface area contributed by atoms with E-state index in [1.807, 2.05) is 0 Å². The second kappa shape index (κ2) is 5.70. The van der Waals surface area contributed by atoms with E-state index in [1.54, 1.807) is 0 Å². The molecule has 1 amide bonds. The van der Waals surface area contributed by atoms with Crippen LogP contribution in [0.15, 0.2) is 18.2 Å². The van der Waals surface area contributed by atoms with Crippen LogP contribution in [0.25, 0.3) is 0 Å². The predicted octanol–water partition coefficient (Wildman–Crippen LogP) is 1.55. The topological polar surface area (TPSA) is 29.1 Å². The van der Waals surface area contributed by atoms with Gasteiger partial charge in [-0.15, -0.1) is 0 Å². The van der Waals surface area contributed by atoms with Gasteiger partial charge in [0.25, 0.3) is 0 Å². The maximum absolute atomic E-state index is 13.1. The maximum atomic E-state index is 13.1. The average molecular weight is 231 g/mol. The summed E-state index contributed by atoms with van der Waals surface area (Å²) in [5.41, 5.74) is 0.385. The van der Waals surface area contributed by atoms with Gasteiger partial charge in [0.05, 0.1) is 5.75 Å². The zero-order chi connectivity index (χ0) is 11.3. The molecule has 0 aliphatic rings. The predicted molar refractivity (Wildman–Crippen MR) is 56.9 cm³/mol. The first kappa shape index (κ1) is 12.0. The van der Waals surface area contributed by atoms with E-state index in [2.05, 4.69) is 17.9 Å². The molecule has 82 valence electrons. The number of benzene rings is 1. The Morgan fingerprint density at radius 1 is 1.40 bits per heavy atom. The molecule has 0 fully saturated rings. The fraction of sp³-hybridized carbons (Fsp3) is 0.300. The number of rotatable bonds is 4. The third-order valence-electron chi connectivity index (χ3n) is 1.88. The summed E-state index contributed by atoms with van der Waals surface area (Å²) in [6.07, 6.45) is 0.339. The number of hydrogen-bond donors (Lipinski definition) is 2. The second-order valence-electron chi connectivity index (χ2n) is 2.99. The molecule has 0 radical (unpaired) electrons. The van der Waals surface area contributed by atoms with Gasteiger partial charge < -0.3 is 5.32 Å². The van der Waals surface area contributed by atoms with E-state index in [1.165, 1.54) is 12.1 Å². The molecular weight excluding hydrogens is 220 g/mol. The fourth-order valence-electron chi connectivity index (χ4n) is 1.12. The minimum Gasteiger partial charge on any atom is -0.355 e. The van der Waals surface area contributed by atoms with Gasteiger partial charge in [-0.2, -0.15) is 12.6 Å². The Morgan fingerprint density at radius 2 is 2.13 bits per heavy atom. The van der Waals surface area contributed by atoms with E-state index >= 15 is 0 Å². The molecule has 0 heterocycles. The van der Waals surface area contributed by atoms with Gasteiger partial charge in [-0.25, -0.2) is 8.78 Å². The molecule has 0 saturated carbocycles. The van der Waals surface area contributed by atoms with Crippen LogP contribution in [0.3, 0.4) is 0 Å². The van der Waals surface area contributed by atoms with E-state index in [4.69, 9.17) is 0 Å². The molecule has 1 aromatic carbocycles. The smallest absolute Gasteiger partial charge is 0.229 e. The van der Waals surface area contributed by atoms with Crippen molar-refractivity contribution >= 4 is 18.5 Å². The monoisotopic (exact) mass is 231 g/mol. The standard InChI is InChI=1S/C10H11F2NOS/c11-8-2-1-7(9(12)5-8)3-4-13-10(14)6-15/h1-2,5,15H,3-4,6H2,(H,13,14). The Balaban J connectivity index is 2.47. The molecule has 0 aliphatic heterocycles. The highest BCUT2D eigenvalue weighted by Crippen LogP contribution is 2.09. The van der Waals surface area contributed by atoms with Crippen LogP contribution < -0.4 is 5.32 Å². The van der Waals surface area contributed by atoms with Crippen molar-refractivity contribution in [2.24, 2.45) is 0 Å². The third-order valence-corrected chi connectivity index (χ3v) is 2.16. The van der Waals surface area contributed by atoms with Crippen molar-refractivity contribution in [2.45, 2.75) is 6.42 Å². The normalized spacial score (nSPS) is 10.1. The van der Waals surface area contributed by atoms with E-state index in [0.29, 0.717) is 18.5 Å². The Kier molecular flexibility index (Phi) is 4.55. The number of hydrogen-bond acceptors (Lipinski definition) is 2. The highest BCUT2D eigenvalue weighted by molar-refractivity contribution is 7.81. The summed E-state index contributed by atoms with van der Waals surface area (Å²) in [5, 5.41) is 2.55. The van der Waals surface area contributed by atoms with Crippen molar-refractivity contribution in [3.05, 3.63) is 35.4 Å². The van der Waals surface area contributed by atoms with Gasteiger partial charge in [0.15, 0.2) is 0 Å². The molecular formula is C10H11F2NOS. The molecule has 0 unspecified atom stereocenters. The minimum absolute atomic E-state index is 0.103. The van der Waals surface area contributed by atoms with Gasteiger partial charge in [-0.1, -0.05) is 6.07 Å². The molecule has 0 aliphatic carbocycles. The average Bonchev–Trinajstić information content (AvgIpc) is 2.21. The summed E-state index contributed by atoms with van der Waals surface area (Å²) in [6, 6.07) is 3.39. The molecule has 15 heavy (non-hydrogen) atoms. The molecule has 0 spiro atoms. The van der Waals surface area contributed by atoms with Gasteiger partial charge in [0, 0.05) is 12.6 Å². The van der Waals surface area contributed by atoms with Crippen molar-refractivity contribution in [2.75, 3.05) is 12.3 Å². The number of nitrogens with one attached hydrogen (secondary N) is 1. The van der Waals surface area contributed by atoms with E-state index in [9.17, 15) is 13.6 Å². The first-order valence-electron chi connectivity index (χ1n) is 4.45. The van der Waals surface area contributed by atoms with Crippen LogP contribution in [0.1, 0.15) is 5.56 Å². The lowest BCUT2D eigenvalue weighted by Gasteiger charge is -2.04. The van der Waals surface area contributed by atoms with Gasteiger partial charge >= 0.3 is 0 Å². The molecule has 0 bridgehead atoms. The summed E-state index contributed by atoms with van der Waals surface area (Å²) in [4.78, 5) is 10.8. The molecule has 1 aromatic rings. The third kappa shape index (κ3) is 3.87. The number of carbonyl (C=O) groups excluding carboxylic acids is 1. The summed E-state index contributed by atoms with van der Waals surface area (Å²) >= 11 is 3.77. The summed E-state index contributed by atoms with van der Waals surface area (Å²) in [6.45, 7) is 0.321. The molecule has 2 nitrogen and oxygen atoms in total. The van der Waals surface area contributed by atoms with Crippen LogP contribution >= 0.6 is 12.6 Å². The van der Waals surface area contributed by atoms with Crippen LogP contribution in [0, 0.1) is 11.6 Å². The largest absolute Gasteiger partial charge is 0.355 e. The Labute approximate surface area is 92.1 Å². The lowest BCUT2D eigenvalue weighted by atomic mass is 10.1. The first-order chi connectivity index (χ1) is 7.13. The van der Waals surface area contributed by atoms with Gasteiger partial charge in [0.2, 0.25) is 5.91 Å². The van der Waals surface area contributed by atoms with E-state index in [-0.39, 0.29) is 11.7 Å². The quantitative estimate of drug-likeness (QED) is 0.756. The van der Waals surface area contributed by atoms with Crippen molar-refractivity contribution < 1.29 is 13.6 Å². The maximum Gasteiger partial charge on any atom is 0.229 e. The molecule has 1 rings (SSSR count). The molecule has 5 heteroatoms. The number of thiol groups is 1. The Hall–Kier alpha value is -1.10. The second-order valence-corrected chi connectivity index (χ2v) is 3.31. The summed E-state index contributed by atoms with van der Waals surface area (Å²) in [7, 11) is 0. The Morgan fingerprint density at radius 3 is 2.73 bits per heavy atom. The highest BCUT2D eigenvalue weighted by Gasteiger charge is 2.04. The summed E-state index contributed by atoms with van der Waals surface area (Å²) < 4.78 is 25.6. The first-order valence-corrected chi connectivity index (χ1v) is 5.08. The SMILES string of the molecule is O=C(CS)NCCc1ccc(F)cc1F. The highest BCUT2D eigenvalue weighted by atomic mass is 32.1. The van der Waals surface area contributed by atoms with Gasteiger partial charge in [-0.3, -0.25) is 4.79 Å². The van der Waals surface area contributed by atoms with Crippen molar-refractivity contribution in [1.29, 1.82) is 0 Å². The van der Waals surface area contributed by atoms with Crippen LogP contribution in [-0.2, 0) is 11.2 Å². The minimum atomic E-state index is -0.601. The van der Waals surface area contributed by atoms with Crippen LogP contribution in [-0.4, -0.2) is 18.2 Å².